The van der Waals surface area contributed by atoms with E-state index in [9.17, 15) is 0 Å². The highest BCUT2D eigenvalue weighted by Crippen LogP contribution is 2.34. The van der Waals surface area contributed by atoms with Crippen molar-refractivity contribution in [3.8, 4) is 0 Å². The number of H-pyrrole nitrogens is 1. The zero-order valence-corrected chi connectivity index (χ0v) is 12.1. The number of benzene rings is 1. The molecular weight excluding hydrogens is 246 g/mol. The van der Waals surface area contributed by atoms with E-state index in [2.05, 4.69) is 66.2 Å². The van der Waals surface area contributed by atoms with E-state index < -0.39 is 0 Å². The van der Waals surface area contributed by atoms with Crippen molar-refractivity contribution in [2.45, 2.75) is 13.0 Å². The van der Waals surface area contributed by atoms with Crippen LogP contribution in [0, 0.1) is 6.92 Å². The molecule has 0 aliphatic carbocycles. The fourth-order valence-electron chi connectivity index (χ4n) is 2.91. The van der Waals surface area contributed by atoms with Crippen LogP contribution in [0.15, 0.2) is 48.8 Å². The van der Waals surface area contributed by atoms with E-state index in [0.29, 0.717) is 0 Å². The number of fused-ring (bicyclic) bond motifs is 1. The molecule has 20 heavy (non-hydrogen) atoms. The van der Waals surface area contributed by atoms with Crippen LogP contribution in [-0.2, 0) is 0 Å². The van der Waals surface area contributed by atoms with Gasteiger partial charge in [0.15, 0.2) is 0 Å². The first-order chi connectivity index (χ1) is 9.68. The first-order valence-electron chi connectivity index (χ1n) is 6.82. The first-order valence-corrected chi connectivity index (χ1v) is 6.82. The quantitative estimate of drug-likeness (QED) is 0.785. The smallest absolute Gasteiger partial charge is 0.0635 e. The summed E-state index contributed by atoms with van der Waals surface area (Å²) in [6.45, 7) is 2.14. The van der Waals surface area contributed by atoms with Crippen molar-refractivity contribution in [3.63, 3.8) is 0 Å². The molecule has 3 nitrogen and oxygen atoms in total. The van der Waals surface area contributed by atoms with Gasteiger partial charge in [-0.25, -0.2) is 0 Å². The topological polar surface area (TPSA) is 31.9 Å². The second kappa shape index (κ2) is 5.10. The molecule has 0 aliphatic rings. The van der Waals surface area contributed by atoms with E-state index >= 15 is 0 Å². The van der Waals surface area contributed by atoms with Gasteiger partial charge < -0.3 is 4.98 Å². The Kier molecular flexibility index (Phi) is 3.28. The van der Waals surface area contributed by atoms with Gasteiger partial charge in [0.2, 0.25) is 0 Å². The van der Waals surface area contributed by atoms with Crippen molar-refractivity contribution in [2.75, 3.05) is 14.1 Å². The highest BCUT2D eigenvalue weighted by Gasteiger charge is 2.22. The molecule has 0 saturated carbocycles. The highest BCUT2D eigenvalue weighted by atomic mass is 15.1. The minimum absolute atomic E-state index is 0.208. The Morgan fingerprint density at radius 3 is 2.60 bits per heavy atom. The number of nitrogens with zero attached hydrogens (tertiary/aromatic N) is 2. The summed E-state index contributed by atoms with van der Waals surface area (Å²) in [5.74, 6) is 0. The maximum Gasteiger partial charge on any atom is 0.0635 e. The summed E-state index contributed by atoms with van der Waals surface area (Å²) in [6, 6.07) is 12.8. The lowest BCUT2D eigenvalue weighted by Gasteiger charge is -2.25. The number of hydrogen-bond donors (Lipinski definition) is 1. The maximum absolute atomic E-state index is 4.27. The number of para-hydroxylation sites is 1. The number of rotatable bonds is 3. The van der Waals surface area contributed by atoms with Crippen LogP contribution >= 0.6 is 0 Å². The van der Waals surface area contributed by atoms with E-state index in [1.165, 1.54) is 27.7 Å². The average Bonchev–Trinajstić information content (AvgIpc) is 2.77. The third kappa shape index (κ3) is 2.10. The third-order valence-electron chi connectivity index (χ3n) is 3.73. The number of aromatic amines is 1. The largest absolute Gasteiger partial charge is 0.358 e. The predicted octanol–water partition coefficient (Wildman–Crippen LogP) is 3.52. The standard InChI is InChI=1S/C17H19N3/c1-12-16(14-8-4-5-9-15(14)19-12)17(20(2)3)13-7-6-10-18-11-13/h4-11,17,19H,1-3H3. The molecule has 3 rings (SSSR count). The second-order valence-corrected chi connectivity index (χ2v) is 5.36. The summed E-state index contributed by atoms with van der Waals surface area (Å²) < 4.78 is 0. The normalized spacial score (nSPS) is 13.0. The lowest BCUT2D eigenvalue weighted by Crippen LogP contribution is -2.21. The Hall–Kier alpha value is -2.13. The summed E-state index contributed by atoms with van der Waals surface area (Å²) in [5.41, 5.74) is 4.95. The van der Waals surface area contributed by atoms with Crippen molar-refractivity contribution in [2.24, 2.45) is 0 Å². The van der Waals surface area contributed by atoms with Crippen LogP contribution in [-0.4, -0.2) is 29.0 Å². The van der Waals surface area contributed by atoms with Crippen LogP contribution in [0.1, 0.15) is 22.9 Å². The van der Waals surface area contributed by atoms with E-state index in [-0.39, 0.29) is 6.04 Å². The van der Waals surface area contributed by atoms with Crippen molar-refractivity contribution in [3.05, 3.63) is 65.6 Å². The van der Waals surface area contributed by atoms with E-state index in [0.717, 1.165) is 0 Å². The minimum atomic E-state index is 0.208. The molecule has 3 aromatic rings. The third-order valence-corrected chi connectivity index (χ3v) is 3.73. The fourth-order valence-corrected chi connectivity index (χ4v) is 2.91. The van der Waals surface area contributed by atoms with Crippen molar-refractivity contribution >= 4 is 10.9 Å². The van der Waals surface area contributed by atoms with Crippen molar-refractivity contribution < 1.29 is 0 Å². The van der Waals surface area contributed by atoms with Gasteiger partial charge in [0.05, 0.1) is 6.04 Å². The zero-order chi connectivity index (χ0) is 14.1. The summed E-state index contributed by atoms with van der Waals surface area (Å²) in [6.07, 6.45) is 3.77. The number of aromatic nitrogens is 2. The van der Waals surface area contributed by atoms with Gasteiger partial charge in [0, 0.05) is 34.6 Å². The van der Waals surface area contributed by atoms with Gasteiger partial charge in [-0.05, 0) is 38.7 Å². The Morgan fingerprint density at radius 1 is 1.10 bits per heavy atom. The number of hydrogen-bond acceptors (Lipinski definition) is 2. The van der Waals surface area contributed by atoms with Gasteiger partial charge >= 0.3 is 0 Å². The molecule has 0 fully saturated rings. The molecule has 102 valence electrons. The Balaban J connectivity index is 2.23. The average molecular weight is 265 g/mol. The van der Waals surface area contributed by atoms with Gasteiger partial charge in [-0.15, -0.1) is 0 Å². The molecule has 0 amide bonds. The first kappa shape index (κ1) is 12.9. The van der Waals surface area contributed by atoms with Gasteiger partial charge in [-0.3, -0.25) is 9.88 Å². The van der Waals surface area contributed by atoms with Gasteiger partial charge in [-0.1, -0.05) is 24.3 Å². The SMILES string of the molecule is Cc1[nH]c2ccccc2c1C(c1cccnc1)N(C)C. The van der Waals surface area contributed by atoms with Crippen molar-refractivity contribution in [1.29, 1.82) is 0 Å². The van der Waals surface area contributed by atoms with E-state index in [1.54, 1.807) is 0 Å². The van der Waals surface area contributed by atoms with Crippen LogP contribution in [0.3, 0.4) is 0 Å². The zero-order valence-electron chi connectivity index (χ0n) is 12.1. The Bertz CT molecular complexity index is 713. The molecule has 0 saturated heterocycles. The summed E-state index contributed by atoms with van der Waals surface area (Å²) in [7, 11) is 4.22. The summed E-state index contributed by atoms with van der Waals surface area (Å²) >= 11 is 0. The maximum atomic E-state index is 4.27. The Labute approximate surface area is 119 Å². The minimum Gasteiger partial charge on any atom is -0.358 e. The molecule has 0 bridgehead atoms. The molecule has 0 aliphatic heterocycles. The van der Waals surface area contributed by atoms with Gasteiger partial charge in [-0.2, -0.15) is 0 Å². The number of pyridine rings is 1. The molecule has 1 unspecified atom stereocenters. The van der Waals surface area contributed by atoms with Crippen LogP contribution < -0.4 is 0 Å². The van der Waals surface area contributed by atoms with Crippen molar-refractivity contribution in [1.82, 2.24) is 14.9 Å². The van der Waals surface area contributed by atoms with E-state index in [1.807, 2.05) is 18.5 Å². The number of aryl methyl sites for hydroxylation is 1. The monoisotopic (exact) mass is 265 g/mol. The number of nitrogens with one attached hydrogen (secondary N) is 1. The molecule has 1 aromatic carbocycles. The van der Waals surface area contributed by atoms with Crippen LogP contribution in [0.2, 0.25) is 0 Å². The van der Waals surface area contributed by atoms with Gasteiger partial charge in [0.25, 0.3) is 0 Å². The fraction of sp³-hybridized carbons (Fsp3) is 0.235. The predicted molar refractivity (Wildman–Crippen MR) is 82.8 cm³/mol. The highest BCUT2D eigenvalue weighted by molar-refractivity contribution is 5.85. The lowest BCUT2D eigenvalue weighted by molar-refractivity contribution is 0.342. The van der Waals surface area contributed by atoms with Crippen LogP contribution in [0.5, 0.6) is 0 Å². The molecule has 3 heteroatoms. The Morgan fingerprint density at radius 2 is 1.90 bits per heavy atom. The second-order valence-electron chi connectivity index (χ2n) is 5.36. The molecule has 1 N–H and O–H groups in total. The summed E-state index contributed by atoms with van der Waals surface area (Å²) in [4.78, 5) is 9.99. The molecular formula is C17H19N3. The van der Waals surface area contributed by atoms with Crippen LogP contribution in [0.25, 0.3) is 10.9 Å². The van der Waals surface area contributed by atoms with E-state index in [4.69, 9.17) is 0 Å². The molecule has 0 spiro atoms. The molecule has 0 radical (unpaired) electrons. The van der Waals surface area contributed by atoms with Crippen LogP contribution in [0.4, 0.5) is 0 Å². The summed E-state index contributed by atoms with van der Waals surface area (Å²) in [5, 5.41) is 1.28. The molecule has 1 atom stereocenters. The molecule has 2 aromatic heterocycles. The lowest BCUT2D eigenvalue weighted by atomic mass is 9.96. The van der Waals surface area contributed by atoms with Gasteiger partial charge in [0.1, 0.15) is 0 Å². The molecule has 2 heterocycles.